The fourth-order valence-electron chi connectivity index (χ4n) is 1.53. The summed E-state index contributed by atoms with van der Waals surface area (Å²) < 4.78 is 2.47. The van der Waals surface area contributed by atoms with Crippen LogP contribution in [0.25, 0.3) is 5.69 Å². The van der Waals surface area contributed by atoms with E-state index in [0.717, 1.165) is 10.2 Å². The van der Waals surface area contributed by atoms with Crippen LogP contribution in [-0.4, -0.2) is 4.57 Å². The highest BCUT2D eigenvalue weighted by atomic mass is 79.9. The van der Waals surface area contributed by atoms with Crippen LogP contribution < -0.4 is 11.3 Å². The van der Waals surface area contributed by atoms with Crippen molar-refractivity contribution in [1.29, 1.82) is 0 Å². The van der Waals surface area contributed by atoms with Crippen LogP contribution in [-0.2, 0) is 6.54 Å². The number of aromatic nitrogens is 1. The topological polar surface area (TPSA) is 48.0 Å². The van der Waals surface area contributed by atoms with Gasteiger partial charge in [0.2, 0.25) is 0 Å². The maximum absolute atomic E-state index is 12.0. The molecule has 0 aliphatic heterocycles. The number of benzene rings is 1. The van der Waals surface area contributed by atoms with E-state index in [4.69, 9.17) is 5.73 Å². The Bertz CT molecular complexity index is 563. The van der Waals surface area contributed by atoms with Gasteiger partial charge in [0.05, 0.1) is 5.69 Å². The average Bonchev–Trinajstić information content (AvgIpc) is 2.31. The minimum atomic E-state index is -0.0723. The molecular weight excluding hydrogens is 268 g/mol. The van der Waals surface area contributed by atoms with Crippen molar-refractivity contribution < 1.29 is 0 Å². The Morgan fingerprint density at radius 3 is 2.62 bits per heavy atom. The molecule has 0 unspecified atom stereocenters. The van der Waals surface area contributed by atoms with E-state index in [0.29, 0.717) is 5.56 Å². The van der Waals surface area contributed by atoms with Crippen LogP contribution in [0.15, 0.2) is 51.9 Å². The van der Waals surface area contributed by atoms with Gasteiger partial charge in [0.25, 0.3) is 5.56 Å². The molecule has 0 radical (unpaired) electrons. The Balaban J connectivity index is 2.66. The number of halogens is 1. The summed E-state index contributed by atoms with van der Waals surface area (Å²) in [7, 11) is 0. The molecule has 0 bridgehead atoms. The summed E-state index contributed by atoms with van der Waals surface area (Å²) in [6, 6.07) is 11.1. The molecule has 82 valence electrons. The van der Waals surface area contributed by atoms with Gasteiger partial charge in [-0.25, -0.2) is 0 Å². The number of hydrogen-bond donors (Lipinski definition) is 1. The van der Waals surface area contributed by atoms with Gasteiger partial charge >= 0.3 is 0 Å². The highest BCUT2D eigenvalue weighted by Crippen LogP contribution is 2.18. The van der Waals surface area contributed by atoms with Crippen molar-refractivity contribution in [3.05, 3.63) is 63.0 Å². The maximum Gasteiger partial charge on any atom is 0.259 e. The zero-order chi connectivity index (χ0) is 11.5. The number of para-hydroxylation sites is 1. The lowest BCUT2D eigenvalue weighted by molar-refractivity contribution is 0.922. The number of rotatable bonds is 2. The van der Waals surface area contributed by atoms with E-state index in [1.807, 2.05) is 30.3 Å². The normalized spacial score (nSPS) is 10.4. The van der Waals surface area contributed by atoms with Crippen molar-refractivity contribution in [1.82, 2.24) is 4.57 Å². The second-order valence-electron chi connectivity index (χ2n) is 3.36. The third-order valence-corrected chi connectivity index (χ3v) is 3.03. The Morgan fingerprint density at radius 1 is 1.19 bits per heavy atom. The number of nitrogens with two attached hydrogens (primary N) is 1. The van der Waals surface area contributed by atoms with Crippen molar-refractivity contribution >= 4 is 15.9 Å². The Kier molecular flexibility index (Phi) is 3.22. The highest BCUT2D eigenvalue weighted by Gasteiger charge is 2.05. The SMILES string of the molecule is NCc1cccn(-c2ccccc2Br)c1=O. The lowest BCUT2D eigenvalue weighted by atomic mass is 10.2. The predicted octanol–water partition coefficient (Wildman–Crippen LogP) is 2.06. The van der Waals surface area contributed by atoms with E-state index in [2.05, 4.69) is 15.9 Å². The van der Waals surface area contributed by atoms with Crippen LogP contribution in [0, 0.1) is 0 Å². The Morgan fingerprint density at radius 2 is 1.94 bits per heavy atom. The molecule has 1 heterocycles. The van der Waals surface area contributed by atoms with Gasteiger partial charge in [0, 0.05) is 22.8 Å². The van der Waals surface area contributed by atoms with Crippen LogP contribution in [0.5, 0.6) is 0 Å². The zero-order valence-electron chi connectivity index (χ0n) is 8.56. The Hall–Kier alpha value is -1.39. The minimum Gasteiger partial charge on any atom is -0.326 e. The van der Waals surface area contributed by atoms with E-state index in [1.54, 1.807) is 16.8 Å². The molecule has 0 saturated heterocycles. The van der Waals surface area contributed by atoms with Crippen LogP contribution in [0.2, 0.25) is 0 Å². The largest absolute Gasteiger partial charge is 0.326 e. The molecule has 1 aromatic carbocycles. The molecule has 16 heavy (non-hydrogen) atoms. The molecular formula is C12H11BrN2O. The summed E-state index contributed by atoms with van der Waals surface area (Å²) in [4.78, 5) is 12.0. The van der Waals surface area contributed by atoms with Crippen molar-refractivity contribution in [2.24, 2.45) is 5.73 Å². The van der Waals surface area contributed by atoms with Crippen LogP contribution in [0.3, 0.4) is 0 Å². The summed E-state index contributed by atoms with van der Waals surface area (Å²) in [5.74, 6) is 0. The van der Waals surface area contributed by atoms with Gasteiger partial charge in [-0.15, -0.1) is 0 Å². The summed E-state index contributed by atoms with van der Waals surface area (Å²) in [5, 5.41) is 0. The molecule has 2 rings (SSSR count). The molecule has 0 saturated carbocycles. The first-order chi connectivity index (χ1) is 7.74. The quantitative estimate of drug-likeness (QED) is 0.914. The first-order valence-electron chi connectivity index (χ1n) is 4.89. The van der Waals surface area contributed by atoms with Gasteiger partial charge in [-0.05, 0) is 34.1 Å². The van der Waals surface area contributed by atoms with Crippen molar-refractivity contribution in [3.63, 3.8) is 0 Å². The second-order valence-corrected chi connectivity index (χ2v) is 4.22. The molecule has 2 N–H and O–H groups in total. The molecule has 2 aromatic rings. The van der Waals surface area contributed by atoms with Gasteiger partial charge in [-0.2, -0.15) is 0 Å². The molecule has 0 spiro atoms. The predicted molar refractivity (Wildman–Crippen MR) is 67.6 cm³/mol. The molecule has 0 amide bonds. The molecule has 4 heteroatoms. The van der Waals surface area contributed by atoms with Gasteiger partial charge in [-0.3, -0.25) is 9.36 Å². The van der Waals surface area contributed by atoms with Crippen LogP contribution >= 0.6 is 15.9 Å². The smallest absolute Gasteiger partial charge is 0.259 e. The van der Waals surface area contributed by atoms with Gasteiger partial charge in [-0.1, -0.05) is 18.2 Å². The molecule has 1 aromatic heterocycles. The monoisotopic (exact) mass is 278 g/mol. The van der Waals surface area contributed by atoms with E-state index >= 15 is 0 Å². The molecule has 0 aliphatic rings. The molecule has 0 fully saturated rings. The van der Waals surface area contributed by atoms with Gasteiger partial charge < -0.3 is 5.73 Å². The fourth-order valence-corrected chi connectivity index (χ4v) is 2.01. The zero-order valence-corrected chi connectivity index (χ0v) is 10.1. The summed E-state index contributed by atoms with van der Waals surface area (Å²) >= 11 is 3.42. The van der Waals surface area contributed by atoms with Crippen molar-refractivity contribution in [2.45, 2.75) is 6.54 Å². The third-order valence-electron chi connectivity index (χ3n) is 2.36. The van der Waals surface area contributed by atoms with E-state index in [9.17, 15) is 4.79 Å². The van der Waals surface area contributed by atoms with E-state index in [-0.39, 0.29) is 12.1 Å². The van der Waals surface area contributed by atoms with Gasteiger partial charge in [0.1, 0.15) is 0 Å². The van der Waals surface area contributed by atoms with Crippen LogP contribution in [0.4, 0.5) is 0 Å². The summed E-state index contributed by atoms with van der Waals surface area (Å²) in [6.07, 6.45) is 1.74. The van der Waals surface area contributed by atoms with Gasteiger partial charge in [0.15, 0.2) is 0 Å². The lowest BCUT2D eigenvalue weighted by Crippen LogP contribution is -2.23. The lowest BCUT2D eigenvalue weighted by Gasteiger charge is -2.08. The minimum absolute atomic E-state index is 0.0723. The fraction of sp³-hybridized carbons (Fsp3) is 0.0833. The van der Waals surface area contributed by atoms with Crippen LogP contribution in [0.1, 0.15) is 5.56 Å². The molecule has 0 atom stereocenters. The third kappa shape index (κ3) is 1.94. The molecule has 3 nitrogen and oxygen atoms in total. The van der Waals surface area contributed by atoms with E-state index in [1.165, 1.54) is 0 Å². The van der Waals surface area contributed by atoms with Crippen molar-refractivity contribution in [3.8, 4) is 5.69 Å². The standard InChI is InChI=1S/C12H11BrN2O/c13-10-5-1-2-6-11(10)15-7-3-4-9(8-14)12(15)16/h1-7H,8,14H2. The van der Waals surface area contributed by atoms with Crippen molar-refractivity contribution in [2.75, 3.05) is 0 Å². The summed E-state index contributed by atoms with van der Waals surface area (Å²) in [6.45, 7) is 0.254. The summed E-state index contributed by atoms with van der Waals surface area (Å²) in [5.41, 5.74) is 6.87. The average molecular weight is 279 g/mol. The van der Waals surface area contributed by atoms with E-state index < -0.39 is 0 Å². The highest BCUT2D eigenvalue weighted by molar-refractivity contribution is 9.10. The Labute approximate surface area is 102 Å². The number of nitrogens with zero attached hydrogens (tertiary/aromatic N) is 1. The number of hydrogen-bond acceptors (Lipinski definition) is 2. The first kappa shape index (κ1) is 11.1. The first-order valence-corrected chi connectivity index (χ1v) is 5.69. The maximum atomic E-state index is 12.0. The second kappa shape index (κ2) is 4.63. The molecule has 0 aliphatic carbocycles. The number of pyridine rings is 1.